The summed E-state index contributed by atoms with van der Waals surface area (Å²) in [5, 5.41) is 2.72. The number of hydrogen-bond donors (Lipinski definition) is 1. The quantitative estimate of drug-likeness (QED) is 0.534. The van der Waals surface area contributed by atoms with E-state index in [2.05, 4.69) is 5.32 Å². The van der Waals surface area contributed by atoms with E-state index in [1.807, 2.05) is 6.92 Å². The number of nitrogens with one attached hydrogen (secondary N) is 1. The Balaban J connectivity index is 2.42. The summed E-state index contributed by atoms with van der Waals surface area (Å²) in [6.45, 7) is 3.05. The van der Waals surface area contributed by atoms with E-state index in [1.54, 1.807) is 24.3 Å². The summed E-state index contributed by atoms with van der Waals surface area (Å²) < 4.78 is 45.7. The first-order chi connectivity index (χ1) is 15.6. The van der Waals surface area contributed by atoms with E-state index in [1.165, 1.54) is 43.2 Å². The number of anilines is 1. The van der Waals surface area contributed by atoms with Gasteiger partial charge >= 0.3 is 0 Å². The topological polar surface area (TPSA) is 96.0 Å². The average Bonchev–Trinajstić information content (AvgIpc) is 2.79. The third-order valence-electron chi connectivity index (χ3n) is 5.05. The maximum absolute atomic E-state index is 14.3. The third kappa shape index (κ3) is 6.92. The van der Waals surface area contributed by atoms with Crippen LogP contribution < -0.4 is 14.4 Å². The Labute approximate surface area is 194 Å². The zero-order valence-electron chi connectivity index (χ0n) is 19.2. The molecule has 2 rings (SSSR count). The molecule has 0 aliphatic heterocycles. The SMILES string of the molecule is CCCNC(=O)[C@@H](C)N(Cc1ccccc1F)C(=O)CN(c1ccccc1OC)S(C)(=O)=O. The lowest BCUT2D eigenvalue weighted by Crippen LogP contribution is -2.51. The lowest BCUT2D eigenvalue weighted by Gasteiger charge is -2.31. The van der Waals surface area contributed by atoms with E-state index < -0.39 is 40.2 Å². The standard InChI is InChI=1S/C23H30FN3O5S/c1-5-14-25-23(29)17(2)26(15-18-10-6-7-11-19(18)24)22(28)16-27(33(4,30)31)20-12-8-9-13-21(20)32-3/h6-13,17H,5,14-16H2,1-4H3,(H,25,29)/t17-/m1/s1. The number of sulfonamides is 1. The number of hydrogen-bond acceptors (Lipinski definition) is 5. The van der Waals surface area contributed by atoms with Gasteiger partial charge in [-0.05, 0) is 31.5 Å². The van der Waals surface area contributed by atoms with E-state index in [9.17, 15) is 22.4 Å². The van der Waals surface area contributed by atoms with Crippen molar-refractivity contribution >= 4 is 27.5 Å². The van der Waals surface area contributed by atoms with Gasteiger partial charge in [-0.25, -0.2) is 12.8 Å². The third-order valence-corrected chi connectivity index (χ3v) is 6.17. The number of carbonyl (C=O) groups excluding carboxylic acids is 2. The van der Waals surface area contributed by atoms with E-state index in [4.69, 9.17) is 4.74 Å². The Morgan fingerprint density at radius 3 is 2.36 bits per heavy atom. The van der Waals surface area contributed by atoms with Crippen LogP contribution in [0.5, 0.6) is 5.75 Å². The van der Waals surface area contributed by atoms with Crippen molar-refractivity contribution in [2.75, 3.05) is 30.8 Å². The van der Waals surface area contributed by atoms with Gasteiger partial charge in [0.25, 0.3) is 0 Å². The number of amides is 2. The number of carbonyl (C=O) groups is 2. The first-order valence-electron chi connectivity index (χ1n) is 10.5. The molecule has 180 valence electrons. The van der Waals surface area contributed by atoms with Crippen LogP contribution in [-0.2, 0) is 26.2 Å². The molecule has 2 aromatic rings. The smallest absolute Gasteiger partial charge is 0.244 e. The molecular weight excluding hydrogens is 449 g/mol. The Hall–Kier alpha value is -3.14. The maximum atomic E-state index is 14.3. The van der Waals surface area contributed by atoms with Gasteiger partial charge in [-0.1, -0.05) is 37.3 Å². The highest BCUT2D eigenvalue weighted by Crippen LogP contribution is 2.29. The monoisotopic (exact) mass is 479 g/mol. The van der Waals surface area contributed by atoms with Gasteiger partial charge in [0.05, 0.1) is 19.1 Å². The summed E-state index contributed by atoms with van der Waals surface area (Å²) in [6.07, 6.45) is 1.68. The van der Waals surface area contributed by atoms with Gasteiger partial charge in [0.1, 0.15) is 24.2 Å². The van der Waals surface area contributed by atoms with Gasteiger partial charge in [-0.3, -0.25) is 13.9 Å². The molecular formula is C23H30FN3O5S. The van der Waals surface area contributed by atoms with Crippen LogP contribution in [0, 0.1) is 5.82 Å². The van der Waals surface area contributed by atoms with Crippen LogP contribution in [0.25, 0.3) is 0 Å². The van der Waals surface area contributed by atoms with Crippen LogP contribution >= 0.6 is 0 Å². The molecule has 1 atom stereocenters. The predicted molar refractivity (Wildman–Crippen MR) is 125 cm³/mol. The van der Waals surface area contributed by atoms with Crippen LogP contribution in [0.1, 0.15) is 25.8 Å². The molecule has 2 amide bonds. The Kier molecular flexibility index (Phi) is 9.22. The lowest BCUT2D eigenvalue weighted by molar-refractivity contribution is -0.139. The maximum Gasteiger partial charge on any atom is 0.244 e. The average molecular weight is 480 g/mol. The van der Waals surface area contributed by atoms with Gasteiger partial charge in [-0.2, -0.15) is 0 Å². The number of halogens is 1. The zero-order chi connectivity index (χ0) is 24.6. The number of methoxy groups -OCH3 is 1. The summed E-state index contributed by atoms with van der Waals surface area (Å²) in [6, 6.07) is 11.4. The minimum Gasteiger partial charge on any atom is -0.495 e. The lowest BCUT2D eigenvalue weighted by atomic mass is 10.1. The number of nitrogens with zero attached hydrogens (tertiary/aromatic N) is 2. The second-order valence-electron chi connectivity index (χ2n) is 7.52. The molecule has 1 N–H and O–H groups in total. The molecule has 0 spiro atoms. The van der Waals surface area contributed by atoms with Crippen LogP contribution in [-0.4, -0.2) is 57.6 Å². The number of para-hydroxylation sites is 2. The van der Waals surface area contributed by atoms with Gasteiger partial charge in [0.2, 0.25) is 21.8 Å². The molecule has 0 aromatic heterocycles. The van der Waals surface area contributed by atoms with E-state index >= 15 is 0 Å². The largest absolute Gasteiger partial charge is 0.495 e. The highest BCUT2D eigenvalue weighted by molar-refractivity contribution is 7.92. The van der Waals surface area contributed by atoms with Crippen molar-refractivity contribution in [3.8, 4) is 5.75 Å². The fraction of sp³-hybridized carbons (Fsp3) is 0.391. The Morgan fingerprint density at radius 1 is 1.12 bits per heavy atom. The second kappa shape index (κ2) is 11.6. The summed E-state index contributed by atoms with van der Waals surface area (Å²) in [5.74, 6) is -1.33. The van der Waals surface area contributed by atoms with Gasteiger partial charge in [0.15, 0.2) is 0 Å². The second-order valence-corrected chi connectivity index (χ2v) is 9.43. The van der Waals surface area contributed by atoms with Gasteiger partial charge < -0.3 is 15.0 Å². The van der Waals surface area contributed by atoms with Crippen LogP contribution in [0.2, 0.25) is 0 Å². The van der Waals surface area contributed by atoms with Crippen molar-refractivity contribution in [2.24, 2.45) is 0 Å². The van der Waals surface area contributed by atoms with Crippen molar-refractivity contribution in [3.63, 3.8) is 0 Å². The number of ether oxygens (including phenoxy) is 1. The molecule has 0 bridgehead atoms. The van der Waals surface area contributed by atoms with Gasteiger partial charge in [-0.15, -0.1) is 0 Å². The van der Waals surface area contributed by atoms with Crippen molar-refractivity contribution < 1.29 is 27.1 Å². The summed E-state index contributed by atoms with van der Waals surface area (Å²) in [5.41, 5.74) is 0.397. The summed E-state index contributed by atoms with van der Waals surface area (Å²) in [4.78, 5) is 27.2. The van der Waals surface area contributed by atoms with E-state index in [0.29, 0.717) is 13.0 Å². The van der Waals surface area contributed by atoms with Gasteiger partial charge in [0, 0.05) is 18.7 Å². The Morgan fingerprint density at radius 2 is 1.76 bits per heavy atom. The predicted octanol–water partition coefficient (Wildman–Crippen LogP) is 2.54. The molecule has 0 radical (unpaired) electrons. The normalized spacial score (nSPS) is 12.0. The first-order valence-corrected chi connectivity index (χ1v) is 12.4. The molecule has 0 fully saturated rings. The minimum absolute atomic E-state index is 0.185. The van der Waals surface area contributed by atoms with Crippen LogP contribution in [0.15, 0.2) is 48.5 Å². The molecule has 0 aliphatic carbocycles. The molecule has 0 unspecified atom stereocenters. The summed E-state index contributed by atoms with van der Waals surface area (Å²) >= 11 is 0. The fourth-order valence-corrected chi connectivity index (χ4v) is 4.07. The zero-order valence-corrected chi connectivity index (χ0v) is 20.1. The van der Waals surface area contributed by atoms with Crippen molar-refractivity contribution in [2.45, 2.75) is 32.9 Å². The highest BCUT2D eigenvalue weighted by Gasteiger charge is 2.31. The minimum atomic E-state index is -3.89. The summed E-state index contributed by atoms with van der Waals surface area (Å²) in [7, 11) is -2.49. The molecule has 0 aliphatic rings. The fourth-order valence-electron chi connectivity index (χ4n) is 3.22. The molecule has 2 aromatic carbocycles. The molecule has 33 heavy (non-hydrogen) atoms. The van der Waals surface area contributed by atoms with Crippen molar-refractivity contribution in [3.05, 3.63) is 59.9 Å². The molecule has 0 heterocycles. The van der Waals surface area contributed by atoms with Crippen molar-refractivity contribution in [1.29, 1.82) is 0 Å². The van der Waals surface area contributed by atoms with Crippen LogP contribution in [0.4, 0.5) is 10.1 Å². The van der Waals surface area contributed by atoms with E-state index in [-0.39, 0.29) is 23.5 Å². The van der Waals surface area contributed by atoms with E-state index in [0.717, 1.165) is 10.6 Å². The molecule has 8 nitrogen and oxygen atoms in total. The Bertz CT molecular complexity index is 1080. The molecule has 10 heteroatoms. The molecule has 0 saturated heterocycles. The van der Waals surface area contributed by atoms with Crippen LogP contribution in [0.3, 0.4) is 0 Å². The highest BCUT2D eigenvalue weighted by atomic mass is 32.2. The van der Waals surface area contributed by atoms with Crippen molar-refractivity contribution in [1.82, 2.24) is 10.2 Å². The molecule has 0 saturated carbocycles. The number of rotatable bonds is 11. The number of benzene rings is 2. The first kappa shape index (κ1) is 26.1.